The minimum atomic E-state index is 0.0450. The normalized spacial score (nSPS) is 15.7. The summed E-state index contributed by atoms with van der Waals surface area (Å²) in [4.78, 5) is 17.0. The topological polar surface area (TPSA) is 55.1 Å². The van der Waals surface area contributed by atoms with Crippen LogP contribution < -0.4 is 5.32 Å². The fourth-order valence-corrected chi connectivity index (χ4v) is 3.62. The Morgan fingerprint density at radius 3 is 2.85 bits per heavy atom. The summed E-state index contributed by atoms with van der Waals surface area (Å²) < 4.78 is 5.68. The van der Waals surface area contributed by atoms with Crippen LogP contribution in [0.3, 0.4) is 0 Å². The molecule has 1 aromatic heterocycles. The quantitative estimate of drug-likeness (QED) is 0.722. The molecule has 1 amide bonds. The molecule has 1 aliphatic rings. The Bertz CT molecular complexity index is 939. The summed E-state index contributed by atoms with van der Waals surface area (Å²) in [6, 6.07) is 16.1. The van der Waals surface area contributed by atoms with E-state index in [0.29, 0.717) is 18.2 Å². The van der Waals surface area contributed by atoms with Crippen molar-refractivity contribution in [2.45, 2.75) is 39.0 Å². The van der Waals surface area contributed by atoms with E-state index in [1.807, 2.05) is 38.1 Å². The fraction of sp³-hybridized carbons (Fsp3) is 0.273. The molecule has 0 bridgehead atoms. The van der Waals surface area contributed by atoms with Crippen molar-refractivity contribution in [1.29, 1.82) is 0 Å². The van der Waals surface area contributed by atoms with Gasteiger partial charge < -0.3 is 9.73 Å². The lowest BCUT2D eigenvalue weighted by Crippen LogP contribution is -2.14. The molecule has 2 aromatic carbocycles. The Morgan fingerprint density at radius 1 is 1.19 bits per heavy atom. The molecule has 1 atom stereocenters. The lowest BCUT2D eigenvalue weighted by atomic mass is 9.97. The zero-order chi connectivity index (χ0) is 18.1. The van der Waals surface area contributed by atoms with Crippen LogP contribution >= 0.6 is 0 Å². The third kappa shape index (κ3) is 3.27. The van der Waals surface area contributed by atoms with Gasteiger partial charge in [-0.3, -0.25) is 4.79 Å². The van der Waals surface area contributed by atoms with E-state index < -0.39 is 0 Å². The van der Waals surface area contributed by atoms with E-state index in [-0.39, 0.29) is 5.91 Å². The number of rotatable bonds is 4. The zero-order valence-corrected chi connectivity index (χ0v) is 15.1. The summed E-state index contributed by atoms with van der Waals surface area (Å²) in [5, 5.41) is 3.02. The van der Waals surface area contributed by atoms with Crippen molar-refractivity contribution in [3.05, 3.63) is 71.1 Å². The fourth-order valence-electron chi connectivity index (χ4n) is 3.62. The Hall–Kier alpha value is -2.88. The summed E-state index contributed by atoms with van der Waals surface area (Å²) in [5.41, 5.74) is 5.22. The highest BCUT2D eigenvalue weighted by molar-refractivity contribution is 5.92. The van der Waals surface area contributed by atoms with Crippen LogP contribution in [-0.2, 0) is 11.2 Å². The molecule has 0 aliphatic heterocycles. The van der Waals surface area contributed by atoms with Crippen molar-refractivity contribution in [2.75, 3.05) is 5.32 Å². The van der Waals surface area contributed by atoms with Gasteiger partial charge >= 0.3 is 0 Å². The van der Waals surface area contributed by atoms with E-state index >= 15 is 0 Å². The first-order chi connectivity index (χ1) is 12.6. The molecule has 0 radical (unpaired) electrons. The molecule has 0 spiro atoms. The summed E-state index contributed by atoms with van der Waals surface area (Å²) in [7, 11) is 0. The van der Waals surface area contributed by atoms with Gasteiger partial charge in [-0.05, 0) is 61.9 Å². The average molecular weight is 346 g/mol. The van der Waals surface area contributed by atoms with E-state index in [2.05, 4.69) is 34.6 Å². The van der Waals surface area contributed by atoms with E-state index in [0.717, 1.165) is 35.5 Å². The van der Waals surface area contributed by atoms with Crippen LogP contribution in [0, 0.1) is 13.8 Å². The second-order valence-corrected chi connectivity index (χ2v) is 6.93. The van der Waals surface area contributed by atoms with Gasteiger partial charge in [-0.25, -0.2) is 4.98 Å². The summed E-state index contributed by atoms with van der Waals surface area (Å²) in [6.07, 6.45) is 2.62. The molecule has 0 fully saturated rings. The van der Waals surface area contributed by atoms with Gasteiger partial charge in [0.1, 0.15) is 5.76 Å². The molecule has 4 nitrogen and oxygen atoms in total. The van der Waals surface area contributed by atoms with Crippen molar-refractivity contribution in [1.82, 2.24) is 4.98 Å². The van der Waals surface area contributed by atoms with Gasteiger partial charge in [0.2, 0.25) is 11.8 Å². The maximum absolute atomic E-state index is 12.5. The number of amides is 1. The van der Waals surface area contributed by atoms with Crippen LogP contribution in [0.15, 0.2) is 52.9 Å². The number of anilines is 1. The van der Waals surface area contributed by atoms with Crippen LogP contribution in [0.2, 0.25) is 0 Å². The molecule has 4 heteroatoms. The van der Waals surface area contributed by atoms with Gasteiger partial charge in [-0.15, -0.1) is 0 Å². The van der Waals surface area contributed by atoms with Crippen LogP contribution in [0.25, 0.3) is 11.5 Å². The SMILES string of the molecule is Cc1nc(-c2cccc(NC(=O)CC3CCc4ccccc43)c2)oc1C. The summed E-state index contributed by atoms with van der Waals surface area (Å²) >= 11 is 0. The monoisotopic (exact) mass is 346 g/mol. The van der Waals surface area contributed by atoms with Gasteiger partial charge in [0.15, 0.2) is 0 Å². The summed E-state index contributed by atoms with van der Waals surface area (Å²) in [6.45, 7) is 3.82. The Labute approximate surface area is 153 Å². The Balaban J connectivity index is 1.46. The minimum Gasteiger partial charge on any atom is -0.441 e. The zero-order valence-electron chi connectivity index (χ0n) is 15.1. The molecule has 1 N–H and O–H groups in total. The second-order valence-electron chi connectivity index (χ2n) is 6.93. The first-order valence-corrected chi connectivity index (χ1v) is 9.02. The molecule has 0 saturated heterocycles. The largest absolute Gasteiger partial charge is 0.441 e. The number of aromatic nitrogens is 1. The number of oxazole rings is 1. The van der Waals surface area contributed by atoms with Crippen LogP contribution in [0.4, 0.5) is 5.69 Å². The number of nitrogens with one attached hydrogen (secondary N) is 1. The summed E-state index contributed by atoms with van der Waals surface area (Å²) in [5.74, 6) is 1.75. The average Bonchev–Trinajstić information content (AvgIpc) is 3.19. The van der Waals surface area contributed by atoms with Crippen LogP contribution in [0.1, 0.15) is 41.3 Å². The molecule has 1 aliphatic carbocycles. The predicted octanol–water partition coefficient (Wildman–Crippen LogP) is 5.02. The molecule has 1 unspecified atom stereocenters. The molecular formula is C22H22N2O2. The third-order valence-corrected chi connectivity index (χ3v) is 5.11. The molecule has 3 aromatic rings. The predicted molar refractivity (Wildman–Crippen MR) is 102 cm³/mol. The first-order valence-electron chi connectivity index (χ1n) is 9.02. The van der Waals surface area contributed by atoms with Crippen molar-refractivity contribution < 1.29 is 9.21 Å². The third-order valence-electron chi connectivity index (χ3n) is 5.11. The van der Waals surface area contributed by atoms with Gasteiger partial charge in [-0.2, -0.15) is 0 Å². The number of nitrogens with zero attached hydrogens (tertiary/aromatic N) is 1. The van der Waals surface area contributed by atoms with E-state index in [1.165, 1.54) is 11.1 Å². The second kappa shape index (κ2) is 6.79. The number of hydrogen-bond acceptors (Lipinski definition) is 3. The van der Waals surface area contributed by atoms with Gasteiger partial charge in [0, 0.05) is 17.7 Å². The smallest absolute Gasteiger partial charge is 0.226 e. The highest BCUT2D eigenvalue weighted by atomic mass is 16.4. The van der Waals surface area contributed by atoms with Crippen molar-refractivity contribution >= 4 is 11.6 Å². The standard InChI is InChI=1S/C22H22N2O2/c1-14-15(2)26-22(23-14)18-7-5-8-19(12-18)24-21(25)13-17-11-10-16-6-3-4-9-20(16)17/h3-9,12,17H,10-11,13H2,1-2H3,(H,24,25). The van der Waals surface area contributed by atoms with Gasteiger partial charge in [0.25, 0.3) is 0 Å². The first kappa shape index (κ1) is 16.6. The molecular weight excluding hydrogens is 324 g/mol. The minimum absolute atomic E-state index is 0.0450. The van der Waals surface area contributed by atoms with Crippen LogP contribution in [0.5, 0.6) is 0 Å². The van der Waals surface area contributed by atoms with Gasteiger partial charge in [-0.1, -0.05) is 30.3 Å². The highest BCUT2D eigenvalue weighted by Crippen LogP contribution is 2.35. The van der Waals surface area contributed by atoms with E-state index in [9.17, 15) is 4.79 Å². The number of carbonyl (C=O) groups excluding carboxylic acids is 1. The van der Waals surface area contributed by atoms with Crippen LogP contribution in [-0.4, -0.2) is 10.9 Å². The van der Waals surface area contributed by atoms with E-state index in [4.69, 9.17) is 4.42 Å². The number of aryl methyl sites for hydroxylation is 3. The van der Waals surface area contributed by atoms with Crippen molar-refractivity contribution in [3.8, 4) is 11.5 Å². The number of fused-ring (bicyclic) bond motifs is 1. The lowest BCUT2D eigenvalue weighted by molar-refractivity contribution is -0.116. The van der Waals surface area contributed by atoms with E-state index in [1.54, 1.807) is 0 Å². The number of carbonyl (C=O) groups is 1. The van der Waals surface area contributed by atoms with Crippen molar-refractivity contribution in [3.63, 3.8) is 0 Å². The molecule has 0 saturated carbocycles. The Kier molecular flexibility index (Phi) is 4.33. The molecule has 26 heavy (non-hydrogen) atoms. The van der Waals surface area contributed by atoms with Gasteiger partial charge in [0.05, 0.1) is 5.69 Å². The molecule has 1 heterocycles. The maximum Gasteiger partial charge on any atom is 0.226 e. The lowest BCUT2D eigenvalue weighted by Gasteiger charge is -2.12. The number of hydrogen-bond donors (Lipinski definition) is 1. The molecule has 132 valence electrons. The highest BCUT2D eigenvalue weighted by Gasteiger charge is 2.24. The molecule has 4 rings (SSSR count). The van der Waals surface area contributed by atoms with Crippen molar-refractivity contribution in [2.24, 2.45) is 0 Å². The number of benzene rings is 2. The Morgan fingerprint density at radius 2 is 2.04 bits per heavy atom. The maximum atomic E-state index is 12.5.